The molecule has 9 rings (SSSR count). The number of pyridine rings is 1. The van der Waals surface area contributed by atoms with E-state index in [1.54, 1.807) is 0 Å². The Balaban J connectivity index is 0.000000190. The fraction of sp³-hybridized carbons (Fsp3) is 0.184. The second-order valence-corrected chi connectivity index (χ2v) is 26.4. The summed E-state index contributed by atoms with van der Waals surface area (Å²) in [5, 5.41) is 4.65. The zero-order chi connectivity index (χ0) is 37.6. The summed E-state index contributed by atoms with van der Waals surface area (Å²) in [5.74, 6) is 8.84. The van der Waals surface area contributed by atoms with Crippen LogP contribution in [0.1, 0.15) is 50.7 Å². The molecule has 277 valence electrons. The second kappa shape index (κ2) is 15.7. The number of nitrogens with zero attached hydrogens (tertiary/aromatic N) is 3. The van der Waals surface area contributed by atoms with Crippen molar-refractivity contribution in [1.82, 2.24) is 14.5 Å². The van der Waals surface area contributed by atoms with Crippen LogP contribution in [0.2, 0.25) is 17.3 Å². The predicted octanol–water partition coefficient (Wildman–Crippen LogP) is 12.9. The number of imidazole rings is 1. The van der Waals surface area contributed by atoms with E-state index in [1.807, 2.05) is 24.3 Å². The topological polar surface area (TPSA) is 43.9 Å². The van der Waals surface area contributed by atoms with E-state index in [4.69, 9.17) is 9.40 Å². The minimum absolute atomic E-state index is 0. The van der Waals surface area contributed by atoms with E-state index in [0.29, 0.717) is 11.8 Å². The zero-order valence-electron chi connectivity index (χ0n) is 32.4. The number of aromatic nitrogens is 3. The van der Waals surface area contributed by atoms with Crippen LogP contribution in [0.3, 0.4) is 0 Å². The van der Waals surface area contributed by atoms with Gasteiger partial charge in [-0.1, -0.05) is 81.6 Å². The van der Waals surface area contributed by atoms with Crippen LogP contribution in [0.5, 0.6) is 0 Å². The van der Waals surface area contributed by atoms with Gasteiger partial charge in [-0.3, -0.25) is 4.98 Å². The summed E-state index contributed by atoms with van der Waals surface area (Å²) in [6.45, 7) is 9.05. The van der Waals surface area contributed by atoms with Crippen LogP contribution < -0.4 is 4.40 Å². The summed E-state index contributed by atoms with van der Waals surface area (Å²) in [6, 6.07) is 51.1. The summed E-state index contributed by atoms with van der Waals surface area (Å²) in [5.41, 5.74) is 10.8. The quantitative estimate of drug-likeness (QED) is 0.123. The molecule has 0 aliphatic rings. The van der Waals surface area contributed by atoms with Gasteiger partial charge in [-0.2, -0.15) is 0 Å². The Kier molecular flexibility index (Phi) is 11.0. The first kappa shape index (κ1) is 38.5. The molecule has 1 radical (unpaired) electrons. The minimum Gasteiger partial charge on any atom is 0 e. The fourth-order valence-electron chi connectivity index (χ4n) is 7.36. The average molecular weight is 957 g/mol. The van der Waals surface area contributed by atoms with Crippen molar-refractivity contribution in [3.05, 3.63) is 157 Å². The largest absolute Gasteiger partial charge is 0 e. The number of rotatable bonds is 6. The minimum atomic E-state index is -1.78. The first-order valence-electron chi connectivity index (χ1n) is 18.9. The Bertz CT molecular complexity index is 2740. The molecule has 0 aliphatic heterocycles. The Hall–Kier alpha value is -4.81. The Morgan fingerprint density at radius 3 is 2.07 bits per heavy atom. The van der Waals surface area contributed by atoms with Gasteiger partial charge in [0.05, 0.1) is 22.4 Å². The van der Waals surface area contributed by atoms with Crippen molar-refractivity contribution >= 4 is 61.4 Å². The summed E-state index contributed by atoms with van der Waals surface area (Å²) < 4.78 is 9.85. The molecular formula is C49H45GeIrN3O-2. The average Bonchev–Trinajstić information content (AvgIpc) is 3.75. The molecule has 3 heterocycles. The van der Waals surface area contributed by atoms with Gasteiger partial charge in [-0.05, 0) is 41.2 Å². The van der Waals surface area contributed by atoms with Crippen LogP contribution in [-0.4, -0.2) is 27.8 Å². The normalized spacial score (nSPS) is 11.7. The van der Waals surface area contributed by atoms with Crippen LogP contribution in [0.25, 0.3) is 72.1 Å². The Labute approximate surface area is 340 Å². The zero-order valence-corrected chi connectivity index (χ0v) is 36.9. The molecule has 9 aromatic rings. The maximum absolute atomic E-state index is 6.06. The van der Waals surface area contributed by atoms with E-state index in [2.05, 4.69) is 176 Å². The monoisotopic (exact) mass is 958 g/mol. The van der Waals surface area contributed by atoms with Crippen molar-refractivity contribution in [1.29, 1.82) is 0 Å². The number of hydrogen-bond acceptors (Lipinski definition) is 3. The first-order valence-corrected chi connectivity index (χ1v) is 26.2. The molecule has 6 heteroatoms. The number of fused-ring (bicyclic) bond motifs is 5. The van der Waals surface area contributed by atoms with E-state index >= 15 is 0 Å². The Morgan fingerprint density at radius 2 is 1.36 bits per heavy atom. The maximum Gasteiger partial charge on any atom is 0 e. The van der Waals surface area contributed by atoms with Gasteiger partial charge < -0.3 is 8.98 Å². The van der Waals surface area contributed by atoms with E-state index in [1.165, 1.54) is 32.0 Å². The molecular weight excluding hydrogens is 911 g/mol. The van der Waals surface area contributed by atoms with E-state index in [0.717, 1.165) is 55.6 Å². The van der Waals surface area contributed by atoms with E-state index in [9.17, 15) is 0 Å². The molecule has 0 saturated heterocycles. The van der Waals surface area contributed by atoms with Gasteiger partial charge in [0, 0.05) is 31.2 Å². The van der Waals surface area contributed by atoms with Gasteiger partial charge in [-0.25, -0.2) is 0 Å². The molecule has 55 heavy (non-hydrogen) atoms. The molecule has 0 aliphatic carbocycles. The standard InChI is InChI=1S/C31H27N2O.C18H18GeN.Ir/c1-19(2)22-11-9-12-23(20(3)4)30(22)33-27-14-7-6-13-26(27)32-31(33)21-16-17-29-25(18-21)24-10-5-8-15-28(24)34-29;1-19(2,3)15-11-12-18(20-13-15)17-10-6-8-14-7-4-5-9-16(14)17;/h5-15,17-20H,1-4H3;4-9,11-13H,1-3H3;/q2*-1;. The molecule has 0 bridgehead atoms. The van der Waals surface area contributed by atoms with Crippen molar-refractivity contribution in [3.8, 4) is 28.3 Å². The van der Waals surface area contributed by atoms with Crippen LogP contribution in [-0.2, 0) is 20.1 Å². The van der Waals surface area contributed by atoms with Crippen LogP contribution in [0.15, 0.2) is 138 Å². The van der Waals surface area contributed by atoms with Crippen molar-refractivity contribution in [2.45, 2.75) is 56.8 Å². The molecule has 6 aromatic carbocycles. The summed E-state index contributed by atoms with van der Waals surface area (Å²) in [4.78, 5) is 9.81. The third-order valence-corrected chi connectivity index (χ3v) is 14.5. The molecule has 0 fully saturated rings. The van der Waals surface area contributed by atoms with E-state index in [-0.39, 0.29) is 20.1 Å². The molecule has 0 unspecified atom stereocenters. The maximum atomic E-state index is 6.06. The second-order valence-electron chi connectivity index (χ2n) is 15.7. The van der Waals surface area contributed by atoms with Gasteiger partial charge >= 0.3 is 123 Å². The van der Waals surface area contributed by atoms with Gasteiger partial charge in [-0.15, -0.1) is 23.8 Å². The molecule has 0 saturated carbocycles. The summed E-state index contributed by atoms with van der Waals surface area (Å²) in [6.07, 6.45) is 2.06. The summed E-state index contributed by atoms with van der Waals surface area (Å²) in [7, 11) is 0. The van der Waals surface area contributed by atoms with Crippen LogP contribution >= 0.6 is 0 Å². The number of para-hydroxylation sites is 4. The third kappa shape index (κ3) is 7.46. The van der Waals surface area contributed by atoms with Gasteiger partial charge in [0.2, 0.25) is 0 Å². The Morgan fingerprint density at radius 1 is 0.673 bits per heavy atom. The fourth-order valence-corrected chi connectivity index (χ4v) is 9.53. The van der Waals surface area contributed by atoms with E-state index < -0.39 is 13.3 Å². The number of hydrogen-bond donors (Lipinski definition) is 0. The molecule has 0 spiro atoms. The molecule has 0 N–H and O–H groups in total. The van der Waals surface area contributed by atoms with Gasteiger partial charge in [0.15, 0.2) is 0 Å². The van der Waals surface area contributed by atoms with Crippen molar-refractivity contribution < 1.29 is 24.5 Å². The van der Waals surface area contributed by atoms with Gasteiger partial charge in [0.25, 0.3) is 0 Å². The summed E-state index contributed by atoms with van der Waals surface area (Å²) >= 11 is -1.78. The van der Waals surface area contributed by atoms with Crippen molar-refractivity contribution in [3.63, 3.8) is 0 Å². The smallest absolute Gasteiger partial charge is 0 e. The number of benzene rings is 6. The predicted molar refractivity (Wildman–Crippen MR) is 230 cm³/mol. The third-order valence-electron chi connectivity index (χ3n) is 10.3. The number of furan rings is 1. The molecule has 0 atom stereocenters. The van der Waals surface area contributed by atoms with Crippen molar-refractivity contribution in [2.75, 3.05) is 0 Å². The van der Waals surface area contributed by atoms with Crippen LogP contribution in [0, 0.1) is 12.1 Å². The molecule has 3 aromatic heterocycles. The molecule has 4 nitrogen and oxygen atoms in total. The van der Waals surface area contributed by atoms with Crippen LogP contribution in [0.4, 0.5) is 0 Å². The SMILES string of the molecule is CC(C)c1cccc(C(C)C)c1-n1c(-c2[c-]cc3oc4ccccc4c3c2)nc2ccccc21.[CH3][Ge]([CH3])([CH3])[c]1ccc(-c2[c-]ccc3ccccc23)nc1.[Ir]. The first-order chi connectivity index (χ1) is 26.1. The molecule has 0 amide bonds. The van der Waals surface area contributed by atoms with Crippen molar-refractivity contribution in [2.24, 2.45) is 0 Å². The van der Waals surface area contributed by atoms with Gasteiger partial charge in [0.1, 0.15) is 5.58 Å².